The molecule has 0 aromatic heterocycles. The zero-order chi connectivity index (χ0) is 22.6. The Balaban J connectivity index is 1.64. The molecule has 0 aromatic carbocycles. The van der Waals surface area contributed by atoms with E-state index in [-0.39, 0.29) is 5.41 Å². The minimum Gasteiger partial charge on any atom is -0.393 e. The van der Waals surface area contributed by atoms with Crippen molar-refractivity contribution < 1.29 is 20.1 Å². The molecular weight excluding hydrogens is 388 g/mol. The van der Waals surface area contributed by atoms with Crippen LogP contribution in [0.5, 0.6) is 0 Å². The first-order valence-electron chi connectivity index (χ1n) is 12.4. The number of aliphatic hydroxyl groups excluding tert-OH is 2. The zero-order valence-corrected chi connectivity index (χ0v) is 19.9. The summed E-state index contributed by atoms with van der Waals surface area (Å²) in [6.45, 7) is 11.8. The molecule has 4 nitrogen and oxygen atoms in total. The molecule has 0 bridgehead atoms. The molecule has 3 rings (SSSR count). The Morgan fingerprint density at radius 2 is 1.84 bits per heavy atom. The van der Waals surface area contributed by atoms with E-state index in [0.717, 1.165) is 18.4 Å². The third kappa shape index (κ3) is 5.71. The topological polar surface area (TPSA) is 69.9 Å². The molecule has 0 heterocycles. The SMILES string of the molecule is C=C(COCC(O)(CC)CC)[C@H]1CC[C@H]2/C(=C/C=C3C[C@@H](O)C[C@H](O)C3)CCC[C@]12C. The number of fused-ring (bicyclic) bond motifs is 1. The monoisotopic (exact) mass is 432 g/mol. The van der Waals surface area contributed by atoms with Crippen molar-refractivity contribution in [2.45, 2.75) is 103 Å². The predicted octanol–water partition coefficient (Wildman–Crippen LogP) is 5.09. The fraction of sp³-hybridized carbons (Fsp3) is 0.778. The van der Waals surface area contributed by atoms with Crippen molar-refractivity contribution in [2.24, 2.45) is 17.3 Å². The Morgan fingerprint density at radius 1 is 1.16 bits per heavy atom. The van der Waals surface area contributed by atoms with E-state index in [9.17, 15) is 15.3 Å². The van der Waals surface area contributed by atoms with Gasteiger partial charge in [-0.2, -0.15) is 0 Å². The van der Waals surface area contributed by atoms with Gasteiger partial charge in [0, 0.05) is 0 Å². The molecule has 3 fully saturated rings. The lowest BCUT2D eigenvalue weighted by atomic mass is 9.62. The van der Waals surface area contributed by atoms with Gasteiger partial charge in [0.1, 0.15) is 0 Å². The van der Waals surface area contributed by atoms with Crippen LogP contribution >= 0.6 is 0 Å². The smallest absolute Gasteiger partial charge is 0.0875 e. The Morgan fingerprint density at radius 3 is 2.48 bits per heavy atom. The Bertz CT molecular complexity index is 677. The molecule has 3 aliphatic rings. The standard InChI is InChI=1S/C27H44O4/c1-5-27(30,6-2)18-31-17-19(3)24-11-12-25-21(8-7-13-26(24,25)4)10-9-20-14-22(28)16-23(29)15-20/h9-10,22-25,28-30H,3,5-8,11-18H2,1-2,4H3/b21-10+/t22-,23-,24-,25+,26-/m1/s1. The van der Waals surface area contributed by atoms with Crippen LogP contribution in [0.1, 0.15) is 85.0 Å². The zero-order valence-electron chi connectivity index (χ0n) is 19.9. The molecule has 0 saturated heterocycles. The minimum atomic E-state index is -0.725. The van der Waals surface area contributed by atoms with E-state index in [1.807, 2.05) is 13.8 Å². The molecule has 0 amide bonds. The van der Waals surface area contributed by atoms with Crippen molar-refractivity contribution >= 4 is 0 Å². The Hall–Kier alpha value is -0.940. The fourth-order valence-corrected chi connectivity index (χ4v) is 6.37. The second-order valence-corrected chi connectivity index (χ2v) is 10.6. The highest BCUT2D eigenvalue weighted by Crippen LogP contribution is 2.59. The van der Waals surface area contributed by atoms with E-state index in [1.165, 1.54) is 30.4 Å². The van der Waals surface area contributed by atoms with E-state index >= 15 is 0 Å². The van der Waals surface area contributed by atoms with Crippen molar-refractivity contribution in [3.63, 3.8) is 0 Å². The van der Waals surface area contributed by atoms with Crippen LogP contribution < -0.4 is 0 Å². The van der Waals surface area contributed by atoms with Gasteiger partial charge < -0.3 is 20.1 Å². The van der Waals surface area contributed by atoms with Crippen LogP contribution in [0.2, 0.25) is 0 Å². The summed E-state index contributed by atoms with van der Waals surface area (Å²) in [5.74, 6) is 1.03. The van der Waals surface area contributed by atoms with Gasteiger partial charge in [-0.1, -0.05) is 50.6 Å². The van der Waals surface area contributed by atoms with E-state index in [2.05, 4.69) is 25.7 Å². The van der Waals surface area contributed by atoms with Crippen molar-refractivity contribution in [3.8, 4) is 0 Å². The highest BCUT2D eigenvalue weighted by Gasteiger charge is 2.49. The van der Waals surface area contributed by atoms with Crippen LogP contribution in [0.4, 0.5) is 0 Å². The lowest BCUT2D eigenvalue weighted by Crippen LogP contribution is -2.36. The van der Waals surface area contributed by atoms with Gasteiger partial charge >= 0.3 is 0 Å². The summed E-state index contributed by atoms with van der Waals surface area (Å²) in [6.07, 6.45) is 12.8. The minimum absolute atomic E-state index is 0.223. The second kappa shape index (κ2) is 10.3. The molecule has 0 aromatic rings. The van der Waals surface area contributed by atoms with Crippen molar-refractivity contribution in [2.75, 3.05) is 13.2 Å². The van der Waals surface area contributed by atoms with Crippen LogP contribution in [0.3, 0.4) is 0 Å². The van der Waals surface area contributed by atoms with Gasteiger partial charge in [-0.15, -0.1) is 0 Å². The molecule has 176 valence electrons. The summed E-state index contributed by atoms with van der Waals surface area (Å²) in [5.41, 5.74) is 3.37. The van der Waals surface area contributed by atoms with Gasteiger partial charge in [0.15, 0.2) is 0 Å². The first-order valence-corrected chi connectivity index (χ1v) is 12.4. The maximum Gasteiger partial charge on any atom is 0.0875 e. The molecule has 0 spiro atoms. The van der Waals surface area contributed by atoms with E-state index < -0.39 is 17.8 Å². The van der Waals surface area contributed by atoms with Crippen LogP contribution in [-0.2, 0) is 4.74 Å². The van der Waals surface area contributed by atoms with E-state index in [0.29, 0.717) is 57.2 Å². The molecule has 0 aliphatic heterocycles. The molecule has 0 radical (unpaired) electrons. The highest BCUT2D eigenvalue weighted by atomic mass is 16.5. The van der Waals surface area contributed by atoms with Gasteiger partial charge in [0.25, 0.3) is 0 Å². The molecule has 0 unspecified atom stereocenters. The van der Waals surface area contributed by atoms with Crippen molar-refractivity contribution in [1.29, 1.82) is 0 Å². The van der Waals surface area contributed by atoms with Gasteiger partial charge in [0.2, 0.25) is 0 Å². The average Bonchev–Trinajstić information content (AvgIpc) is 3.09. The Labute approximate surface area is 189 Å². The number of hydrogen-bond donors (Lipinski definition) is 3. The quantitative estimate of drug-likeness (QED) is 0.468. The second-order valence-electron chi connectivity index (χ2n) is 10.6. The number of hydrogen-bond acceptors (Lipinski definition) is 4. The summed E-state index contributed by atoms with van der Waals surface area (Å²) < 4.78 is 5.93. The number of allylic oxidation sites excluding steroid dienone is 3. The largest absolute Gasteiger partial charge is 0.393 e. The third-order valence-corrected chi connectivity index (χ3v) is 8.50. The summed E-state index contributed by atoms with van der Waals surface area (Å²) >= 11 is 0. The van der Waals surface area contributed by atoms with Crippen molar-refractivity contribution in [3.05, 3.63) is 35.5 Å². The molecule has 4 heteroatoms. The first kappa shape index (κ1) is 24.7. The normalized spacial score (nSPS) is 35.3. The summed E-state index contributed by atoms with van der Waals surface area (Å²) in [6, 6.07) is 0. The average molecular weight is 433 g/mol. The molecule has 3 saturated carbocycles. The first-order chi connectivity index (χ1) is 14.7. The Kier molecular flexibility index (Phi) is 8.23. The van der Waals surface area contributed by atoms with Gasteiger partial charge in [-0.25, -0.2) is 0 Å². The molecular formula is C27H44O4. The lowest BCUT2D eigenvalue weighted by Gasteiger charge is -2.43. The maximum absolute atomic E-state index is 10.5. The fourth-order valence-electron chi connectivity index (χ4n) is 6.37. The van der Waals surface area contributed by atoms with Gasteiger partial charge in [0.05, 0.1) is 31.0 Å². The maximum atomic E-state index is 10.5. The molecule has 5 atom stereocenters. The third-order valence-electron chi connectivity index (χ3n) is 8.50. The van der Waals surface area contributed by atoms with Crippen LogP contribution in [0.25, 0.3) is 0 Å². The summed E-state index contributed by atoms with van der Waals surface area (Å²) in [7, 11) is 0. The van der Waals surface area contributed by atoms with Gasteiger partial charge in [-0.3, -0.25) is 0 Å². The van der Waals surface area contributed by atoms with Crippen molar-refractivity contribution in [1.82, 2.24) is 0 Å². The lowest BCUT2D eigenvalue weighted by molar-refractivity contribution is -0.0479. The van der Waals surface area contributed by atoms with Crippen LogP contribution in [-0.4, -0.2) is 46.3 Å². The molecule has 3 N–H and O–H groups in total. The highest BCUT2D eigenvalue weighted by molar-refractivity contribution is 5.28. The van der Waals surface area contributed by atoms with E-state index in [4.69, 9.17) is 4.74 Å². The van der Waals surface area contributed by atoms with E-state index in [1.54, 1.807) is 0 Å². The molecule has 3 aliphatic carbocycles. The summed E-state index contributed by atoms with van der Waals surface area (Å²) in [4.78, 5) is 0. The van der Waals surface area contributed by atoms with Gasteiger partial charge in [-0.05, 0) is 87.0 Å². The number of ether oxygens (including phenoxy) is 1. The van der Waals surface area contributed by atoms with Crippen LogP contribution in [0, 0.1) is 17.3 Å². The van der Waals surface area contributed by atoms with Crippen LogP contribution in [0.15, 0.2) is 35.5 Å². The molecule has 31 heavy (non-hydrogen) atoms. The predicted molar refractivity (Wildman–Crippen MR) is 126 cm³/mol. The number of rotatable bonds is 8. The summed E-state index contributed by atoms with van der Waals surface area (Å²) in [5, 5.41) is 30.4. The number of aliphatic hydroxyl groups is 3.